The van der Waals surface area contributed by atoms with Gasteiger partial charge in [0.25, 0.3) is 5.89 Å². The molecule has 5 nitrogen and oxygen atoms in total. The van der Waals surface area contributed by atoms with Crippen LogP contribution in [0.3, 0.4) is 0 Å². The minimum atomic E-state index is 0.107. The topological polar surface area (TPSA) is 57.4 Å². The van der Waals surface area contributed by atoms with Crippen LogP contribution in [0, 0.1) is 0 Å². The monoisotopic (exact) mass is 282 g/mol. The number of hydrogen-bond acceptors (Lipinski definition) is 5. The molecule has 1 aromatic carbocycles. The lowest BCUT2D eigenvalue weighted by molar-refractivity contribution is 0.0485. The van der Waals surface area contributed by atoms with Gasteiger partial charge in [0.15, 0.2) is 0 Å². The van der Waals surface area contributed by atoms with E-state index in [9.17, 15) is 0 Å². The van der Waals surface area contributed by atoms with E-state index >= 15 is 0 Å². The molecule has 0 saturated carbocycles. The van der Waals surface area contributed by atoms with Crippen LogP contribution in [0.2, 0.25) is 5.02 Å². The summed E-state index contributed by atoms with van der Waals surface area (Å²) in [5, 5.41) is 4.41. The number of nitrogens with zero attached hydrogens (tertiary/aromatic N) is 2. The Morgan fingerprint density at radius 2 is 2.16 bits per heavy atom. The summed E-state index contributed by atoms with van der Waals surface area (Å²) in [6, 6.07) is 5.37. The standard InChI is InChI=1S/C13H15ClN2O3/c1-8(2)18-7-11-15-13(16-19-11)9-5-4-6-10(14)12(9)17-3/h4-6,8H,7H2,1-3H3. The lowest BCUT2D eigenvalue weighted by Gasteiger charge is -2.06. The number of aromatic nitrogens is 2. The predicted octanol–water partition coefficient (Wildman–Crippen LogP) is 3.32. The lowest BCUT2D eigenvalue weighted by Crippen LogP contribution is -2.02. The normalized spacial score (nSPS) is 11.0. The van der Waals surface area contributed by atoms with Crippen molar-refractivity contribution in [1.82, 2.24) is 10.1 Å². The van der Waals surface area contributed by atoms with Gasteiger partial charge in [0.1, 0.15) is 12.4 Å². The van der Waals surface area contributed by atoms with E-state index in [0.29, 0.717) is 28.1 Å². The second kappa shape index (κ2) is 6.04. The van der Waals surface area contributed by atoms with Crippen molar-refractivity contribution >= 4 is 11.6 Å². The Labute approximate surface area is 116 Å². The molecule has 0 aliphatic rings. The Kier molecular flexibility index (Phi) is 4.39. The Morgan fingerprint density at radius 1 is 1.37 bits per heavy atom. The second-order valence-electron chi connectivity index (χ2n) is 4.19. The van der Waals surface area contributed by atoms with Gasteiger partial charge in [-0.25, -0.2) is 0 Å². The van der Waals surface area contributed by atoms with Gasteiger partial charge in [-0.15, -0.1) is 0 Å². The second-order valence-corrected chi connectivity index (χ2v) is 4.60. The van der Waals surface area contributed by atoms with Crippen molar-refractivity contribution in [3.63, 3.8) is 0 Å². The molecule has 2 aromatic rings. The van der Waals surface area contributed by atoms with E-state index in [-0.39, 0.29) is 12.7 Å². The highest BCUT2D eigenvalue weighted by Gasteiger charge is 2.15. The number of benzene rings is 1. The van der Waals surface area contributed by atoms with Crippen LogP contribution < -0.4 is 4.74 Å². The summed E-state index contributed by atoms with van der Waals surface area (Å²) in [7, 11) is 1.55. The van der Waals surface area contributed by atoms with Gasteiger partial charge in [-0.1, -0.05) is 22.8 Å². The fraction of sp³-hybridized carbons (Fsp3) is 0.385. The first kappa shape index (κ1) is 13.8. The van der Waals surface area contributed by atoms with Crippen LogP contribution in [-0.2, 0) is 11.3 Å². The molecule has 0 unspecified atom stereocenters. The van der Waals surface area contributed by atoms with E-state index in [4.69, 9.17) is 25.6 Å². The van der Waals surface area contributed by atoms with E-state index in [1.165, 1.54) is 0 Å². The third-order valence-corrected chi connectivity index (χ3v) is 2.72. The van der Waals surface area contributed by atoms with Crippen LogP contribution in [-0.4, -0.2) is 23.4 Å². The van der Waals surface area contributed by atoms with Gasteiger partial charge in [0.2, 0.25) is 5.82 Å². The maximum atomic E-state index is 6.05. The molecule has 0 N–H and O–H groups in total. The van der Waals surface area contributed by atoms with Crippen molar-refractivity contribution in [2.75, 3.05) is 7.11 Å². The van der Waals surface area contributed by atoms with Gasteiger partial charge in [-0.2, -0.15) is 4.98 Å². The van der Waals surface area contributed by atoms with Gasteiger partial charge < -0.3 is 14.0 Å². The number of hydrogen-bond donors (Lipinski definition) is 0. The van der Waals surface area contributed by atoms with Crippen LogP contribution in [0.1, 0.15) is 19.7 Å². The molecule has 1 aromatic heterocycles. The first-order valence-electron chi connectivity index (χ1n) is 5.89. The Balaban J connectivity index is 2.25. The zero-order valence-corrected chi connectivity index (χ0v) is 11.8. The molecule has 0 fully saturated rings. The molecule has 19 heavy (non-hydrogen) atoms. The molecule has 0 saturated heterocycles. The molecule has 0 spiro atoms. The fourth-order valence-corrected chi connectivity index (χ4v) is 1.80. The Hall–Kier alpha value is -1.59. The molecule has 0 amide bonds. The van der Waals surface area contributed by atoms with E-state index < -0.39 is 0 Å². The average molecular weight is 283 g/mol. The number of rotatable bonds is 5. The van der Waals surface area contributed by atoms with Crippen molar-refractivity contribution in [3.05, 3.63) is 29.1 Å². The summed E-state index contributed by atoms with van der Waals surface area (Å²) in [5.41, 5.74) is 0.689. The number of para-hydroxylation sites is 1. The smallest absolute Gasteiger partial charge is 0.252 e. The largest absolute Gasteiger partial charge is 0.494 e. The molecule has 0 aliphatic heterocycles. The molecular weight excluding hydrogens is 268 g/mol. The van der Waals surface area contributed by atoms with Gasteiger partial charge in [0.05, 0.1) is 23.8 Å². The number of methoxy groups -OCH3 is 1. The van der Waals surface area contributed by atoms with Crippen LogP contribution in [0.4, 0.5) is 0 Å². The molecule has 0 atom stereocenters. The van der Waals surface area contributed by atoms with Gasteiger partial charge in [-0.05, 0) is 26.0 Å². The molecule has 6 heteroatoms. The SMILES string of the molecule is COc1c(Cl)cccc1-c1noc(COC(C)C)n1. The summed E-state index contributed by atoms with van der Waals surface area (Å²) in [6.45, 7) is 4.17. The van der Waals surface area contributed by atoms with Crippen LogP contribution in [0.25, 0.3) is 11.4 Å². The minimum Gasteiger partial charge on any atom is -0.494 e. The Morgan fingerprint density at radius 3 is 2.84 bits per heavy atom. The molecule has 0 bridgehead atoms. The number of halogens is 1. The lowest BCUT2D eigenvalue weighted by atomic mass is 10.2. The van der Waals surface area contributed by atoms with Crippen molar-refractivity contribution in [1.29, 1.82) is 0 Å². The fourth-order valence-electron chi connectivity index (χ4n) is 1.55. The third kappa shape index (κ3) is 3.24. The third-order valence-electron chi connectivity index (χ3n) is 2.42. The first-order valence-corrected chi connectivity index (χ1v) is 6.26. The summed E-state index contributed by atoms with van der Waals surface area (Å²) < 4.78 is 15.8. The summed E-state index contributed by atoms with van der Waals surface area (Å²) >= 11 is 6.05. The first-order chi connectivity index (χ1) is 9.11. The van der Waals surface area contributed by atoms with Crippen LogP contribution in [0.15, 0.2) is 22.7 Å². The molecule has 0 radical (unpaired) electrons. The van der Waals surface area contributed by atoms with Crippen LogP contribution >= 0.6 is 11.6 Å². The predicted molar refractivity (Wildman–Crippen MR) is 71.2 cm³/mol. The molecule has 102 valence electrons. The summed E-state index contributed by atoms with van der Waals surface area (Å²) in [5.74, 6) is 1.38. The van der Waals surface area contributed by atoms with Gasteiger partial charge >= 0.3 is 0 Å². The molecule has 2 rings (SSSR count). The highest BCUT2D eigenvalue weighted by atomic mass is 35.5. The minimum absolute atomic E-state index is 0.107. The molecule has 1 heterocycles. The zero-order chi connectivity index (χ0) is 13.8. The Bertz CT molecular complexity index is 555. The maximum Gasteiger partial charge on any atom is 0.252 e. The molecular formula is C13H15ClN2O3. The van der Waals surface area contributed by atoms with Gasteiger partial charge in [-0.3, -0.25) is 0 Å². The quantitative estimate of drug-likeness (QED) is 0.842. The zero-order valence-electron chi connectivity index (χ0n) is 11.0. The highest BCUT2D eigenvalue weighted by molar-refractivity contribution is 6.32. The van der Waals surface area contributed by atoms with E-state index in [1.807, 2.05) is 19.9 Å². The number of ether oxygens (including phenoxy) is 2. The maximum absolute atomic E-state index is 6.05. The van der Waals surface area contributed by atoms with Crippen molar-refractivity contribution in [2.45, 2.75) is 26.6 Å². The highest BCUT2D eigenvalue weighted by Crippen LogP contribution is 2.34. The van der Waals surface area contributed by atoms with E-state index in [0.717, 1.165) is 0 Å². The van der Waals surface area contributed by atoms with Gasteiger partial charge in [0, 0.05) is 0 Å². The average Bonchev–Trinajstić information content (AvgIpc) is 2.84. The van der Waals surface area contributed by atoms with Crippen molar-refractivity contribution in [3.8, 4) is 17.1 Å². The summed E-state index contributed by atoms with van der Waals surface area (Å²) in [6.07, 6.45) is 0.107. The summed E-state index contributed by atoms with van der Waals surface area (Å²) in [4.78, 5) is 4.26. The van der Waals surface area contributed by atoms with E-state index in [1.54, 1.807) is 19.2 Å². The van der Waals surface area contributed by atoms with Crippen molar-refractivity contribution in [2.24, 2.45) is 0 Å². The van der Waals surface area contributed by atoms with Crippen LogP contribution in [0.5, 0.6) is 5.75 Å². The van der Waals surface area contributed by atoms with E-state index in [2.05, 4.69) is 10.1 Å². The van der Waals surface area contributed by atoms with Crippen molar-refractivity contribution < 1.29 is 14.0 Å². The molecule has 0 aliphatic carbocycles.